The Labute approximate surface area is 112 Å². The van der Waals surface area contributed by atoms with Crippen LogP contribution in [0.3, 0.4) is 0 Å². The zero-order valence-corrected chi connectivity index (χ0v) is 11.5. The molecule has 102 valence electrons. The smallest absolute Gasteiger partial charge is 0.251 e. The summed E-state index contributed by atoms with van der Waals surface area (Å²) < 4.78 is 0. The molecule has 5 heteroatoms. The van der Waals surface area contributed by atoms with E-state index in [1.807, 2.05) is 43.9 Å². The molecule has 1 aliphatic heterocycles. The van der Waals surface area contributed by atoms with Crippen molar-refractivity contribution >= 4 is 17.5 Å². The van der Waals surface area contributed by atoms with Crippen molar-refractivity contribution in [2.45, 2.75) is 32.9 Å². The van der Waals surface area contributed by atoms with E-state index in [1.54, 1.807) is 0 Å². The number of nitrogens with two attached hydrogens (primary N) is 1. The number of imide groups is 1. The first-order chi connectivity index (χ1) is 8.87. The van der Waals surface area contributed by atoms with E-state index in [0.717, 1.165) is 16.8 Å². The summed E-state index contributed by atoms with van der Waals surface area (Å²) in [4.78, 5) is 25.5. The molecule has 1 aromatic rings. The third-order valence-electron chi connectivity index (χ3n) is 3.60. The molecular weight excluding hydrogens is 242 g/mol. The number of para-hydroxylation sites is 1. The predicted molar refractivity (Wildman–Crippen MR) is 73.6 cm³/mol. The van der Waals surface area contributed by atoms with E-state index in [9.17, 15) is 9.59 Å². The highest BCUT2D eigenvalue weighted by Gasteiger charge is 2.42. The van der Waals surface area contributed by atoms with Gasteiger partial charge in [-0.15, -0.1) is 0 Å². The second-order valence-electron chi connectivity index (χ2n) is 5.31. The largest absolute Gasteiger partial charge is 0.348 e. The third-order valence-corrected chi connectivity index (χ3v) is 3.60. The Kier molecular flexibility index (Phi) is 3.32. The van der Waals surface area contributed by atoms with Crippen LogP contribution >= 0.6 is 0 Å². The number of aryl methyl sites for hydroxylation is 1. The lowest BCUT2D eigenvalue weighted by Crippen LogP contribution is -2.64. The van der Waals surface area contributed by atoms with Crippen molar-refractivity contribution in [1.29, 1.82) is 0 Å². The Hall–Kier alpha value is -1.88. The fourth-order valence-corrected chi connectivity index (χ4v) is 2.41. The maximum absolute atomic E-state index is 12.0. The van der Waals surface area contributed by atoms with E-state index in [2.05, 4.69) is 5.32 Å². The molecule has 0 atom stereocenters. The molecule has 1 aromatic carbocycles. The molecule has 1 saturated heterocycles. The molecule has 0 saturated carbocycles. The standard InChI is InChI=1S/C14H19N3O2/c1-9-5-4-6-10(7-15)12(9)17-8-11(18)16-13(19)14(17,2)3/h4-6H,7-8,15H2,1-3H3,(H,16,18,19). The first-order valence-corrected chi connectivity index (χ1v) is 6.28. The summed E-state index contributed by atoms with van der Waals surface area (Å²) >= 11 is 0. The van der Waals surface area contributed by atoms with Gasteiger partial charge in [0.2, 0.25) is 5.91 Å². The summed E-state index contributed by atoms with van der Waals surface area (Å²) in [6.07, 6.45) is 0. The van der Waals surface area contributed by atoms with E-state index in [1.165, 1.54) is 0 Å². The number of nitrogens with zero attached hydrogens (tertiary/aromatic N) is 1. The third kappa shape index (κ3) is 2.21. The molecule has 2 rings (SSSR count). The van der Waals surface area contributed by atoms with Gasteiger partial charge in [-0.25, -0.2) is 0 Å². The van der Waals surface area contributed by atoms with Gasteiger partial charge in [0.1, 0.15) is 5.54 Å². The van der Waals surface area contributed by atoms with Gasteiger partial charge >= 0.3 is 0 Å². The topological polar surface area (TPSA) is 75.4 Å². The summed E-state index contributed by atoms with van der Waals surface area (Å²) in [6.45, 7) is 6.11. The molecule has 0 bridgehead atoms. The summed E-state index contributed by atoms with van der Waals surface area (Å²) in [7, 11) is 0. The average Bonchev–Trinajstić information content (AvgIpc) is 2.34. The van der Waals surface area contributed by atoms with E-state index in [-0.39, 0.29) is 18.4 Å². The second-order valence-corrected chi connectivity index (χ2v) is 5.31. The molecule has 0 aromatic heterocycles. The highest BCUT2D eigenvalue weighted by molar-refractivity contribution is 6.07. The number of carbonyl (C=O) groups excluding carboxylic acids is 2. The van der Waals surface area contributed by atoms with Crippen LogP contribution in [0.5, 0.6) is 0 Å². The Morgan fingerprint density at radius 2 is 2.05 bits per heavy atom. The summed E-state index contributed by atoms with van der Waals surface area (Å²) in [5, 5.41) is 2.38. The van der Waals surface area contributed by atoms with Crippen molar-refractivity contribution in [3.63, 3.8) is 0 Å². The van der Waals surface area contributed by atoms with Gasteiger partial charge in [-0.1, -0.05) is 18.2 Å². The minimum Gasteiger partial charge on any atom is -0.348 e. The average molecular weight is 261 g/mol. The molecule has 19 heavy (non-hydrogen) atoms. The Bertz CT molecular complexity index is 537. The molecule has 5 nitrogen and oxygen atoms in total. The molecule has 0 radical (unpaired) electrons. The van der Waals surface area contributed by atoms with Crippen LogP contribution in [-0.2, 0) is 16.1 Å². The van der Waals surface area contributed by atoms with Gasteiger partial charge in [0.05, 0.1) is 6.54 Å². The Balaban J connectivity index is 2.56. The van der Waals surface area contributed by atoms with Gasteiger partial charge in [0.15, 0.2) is 0 Å². The molecule has 0 aliphatic carbocycles. The number of benzene rings is 1. The van der Waals surface area contributed by atoms with Crippen molar-refractivity contribution in [3.8, 4) is 0 Å². The van der Waals surface area contributed by atoms with E-state index in [4.69, 9.17) is 5.73 Å². The second kappa shape index (κ2) is 4.66. The van der Waals surface area contributed by atoms with E-state index < -0.39 is 5.54 Å². The maximum atomic E-state index is 12.0. The monoisotopic (exact) mass is 261 g/mol. The SMILES string of the molecule is Cc1cccc(CN)c1N1CC(=O)NC(=O)C1(C)C. The molecule has 3 N–H and O–H groups in total. The zero-order valence-electron chi connectivity index (χ0n) is 11.5. The van der Waals surface area contributed by atoms with Gasteiger partial charge < -0.3 is 10.6 Å². The van der Waals surface area contributed by atoms with Crippen molar-refractivity contribution in [2.24, 2.45) is 5.73 Å². The van der Waals surface area contributed by atoms with Gasteiger partial charge in [0, 0.05) is 12.2 Å². The maximum Gasteiger partial charge on any atom is 0.251 e. The Morgan fingerprint density at radius 1 is 1.37 bits per heavy atom. The lowest BCUT2D eigenvalue weighted by Gasteiger charge is -2.43. The van der Waals surface area contributed by atoms with Crippen LogP contribution in [0.15, 0.2) is 18.2 Å². The van der Waals surface area contributed by atoms with Crippen LogP contribution < -0.4 is 16.0 Å². The first kappa shape index (κ1) is 13.5. The number of rotatable bonds is 2. The Morgan fingerprint density at radius 3 is 2.68 bits per heavy atom. The van der Waals surface area contributed by atoms with Gasteiger partial charge in [-0.05, 0) is 31.9 Å². The molecular formula is C14H19N3O2. The van der Waals surface area contributed by atoms with Crippen LogP contribution in [0.2, 0.25) is 0 Å². The number of hydrogen-bond donors (Lipinski definition) is 2. The van der Waals surface area contributed by atoms with Crippen LogP contribution in [0.1, 0.15) is 25.0 Å². The van der Waals surface area contributed by atoms with E-state index in [0.29, 0.717) is 6.54 Å². The highest BCUT2D eigenvalue weighted by atomic mass is 16.2. The number of hydrogen-bond acceptors (Lipinski definition) is 4. The first-order valence-electron chi connectivity index (χ1n) is 6.28. The number of anilines is 1. The lowest BCUT2D eigenvalue weighted by molar-refractivity contribution is -0.135. The van der Waals surface area contributed by atoms with Crippen LogP contribution in [0.25, 0.3) is 0 Å². The molecule has 1 aliphatic rings. The van der Waals surface area contributed by atoms with Gasteiger partial charge in [-0.2, -0.15) is 0 Å². The summed E-state index contributed by atoms with van der Waals surface area (Å²) in [5.41, 5.74) is 7.84. The number of amides is 2. The minimum absolute atomic E-state index is 0.163. The van der Waals surface area contributed by atoms with Crippen LogP contribution in [0, 0.1) is 6.92 Å². The van der Waals surface area contributed by atoms with Gasteiger partial charge in [0.25, 0.3) is 5.91 Å². The summed E-state index contributed by atoms with van der Waals surface area (Å²) in [5.74, 6) is -0.564. The van der Waals surface area contributed by atoms with Crippen LogP contribution in [0.4, 0.5) is 5.69 Å². The van der Waals surface area contributed by atoms with Crippen molar-refractivity contribution in [3.05, 3.63) is 29.3 Å². The number of carbonyl (C=O) groups is 2. The van der Waals surface area contributed by atoms with Crippen molar-refractivity contribution < 1.29 is 9.59 Å². The minimum atomic E-state index is -0.774. The summed E-state index contributed by atoms with van der Waals surface area (Å²) in [6, 6.07) is 5.82. The van der Waals surface area contributed by atoms with Gasteiger partial charge in [-0.3, -0.25) is 14.9 Å². The van der Waals surface area contributed by atoms with Crippen LogP contribution in [-0.4, -0.2) is 23.9 Å². The molecule has 1 fully saturated rings. The lowest BCUT2D eigenvalue weighted by atomic mass is 9.94. The molecule has 0 unspecified atom stereocenters. The fraction of sp³-hybridized carbons (Fsp3) is 0.429. The van der Waals surface area contributed by atoms with Crippen molar-refractivity contribution in [1.82, 2.24) is 5.32 Å². The molecule has 1 heterocycles. The number of nitrogens with one attached hydrogen (secondary N) is 1. The molecule has 2 amide bonds. The van der Waals surface area contributed by atoms with E-state index >= 15 is 0 Å². The fourth-order valence-electron chi connectivity index (χ4n) is 2.41. The predicted octanol–water partition coefficient (Wildman–Crippen LogP) is 0.695. The normalized spacial score (nSPS) is 18.4. The number of piperazine rings is 1. The quantitative estimate of drug-likeness (QED) is 0.768. The highest BCUT2D eigenvalue weighted by Crippen LogP contribution is 2.32. The molecule has 0 spiro atoms. The zero-order chi connectivity index (χ0) is 14.2. The van der Waals surface area contributed by atoms with Crippen molar-refractivity contribution in [2.75, 3.05) is 11.4 Å².